The zero-order valence-corrected chi connectivity index (χ0v) is 17.1. The van der Waals surface area contributed by atoms with Crippen LogP contribution < -0.4 is 16.4 Å². The molecule has 1 aliphatic rings. The van der Waals surface area contributed by atoms with Gasteiger partial charge < -0.3 is 16.4 Å². The molecule has 0 radical (unpaired) electrons. The van der Waals surface area contributed by atoms with Crippen molar-refractivity contribution in [2.24, 2.45) is 5.73 Å². The van der Waals surface area contributed by atoms with Crippen LogP contribution in [0.15, 0.2) is 36.4 Å². The van der Waals surface area contributed by atoms with E-state index in [0.717, 1.165) is 47.7 Å². The van der Waals surface area contributed by atoms with E-state index in [0.29, 0.717) is 13.0 Å². The van der Waals surface area contributed by atoms with Crippen LogP contribution in [0.3, 0.4) is 0 Å². The summed E-state index contributed by atoms with van der Waals surface area (Å²) < 4.78 is 0. The molecule has 8 heteroatoms. The lowest BCUT2D eigenvalue weighted by Gasteiger charge is -2.16. The van der Waals surface area contributed by atoms with Crippen molar-refractivity contribution in [1.82, 2.24) is 15.6 Å². The van der Waals surface area contributed by atoms with Gasteiger partial charge in [-0.15, -0.1) is 24.8 Å². The summed E-state index contributed by atoms with van der Waals surface area (Å²) in [6.07, 6.45) is 0.684. The van der Waals surface area contributed by atoms with E-state index in [4.69, 9.17) is 5.73 Å². The van der Waals surface area contributed by atoms with Crippen molar-refractivity contribution in [3.8, 4) is 0 Å². The third-order valence-electron chi connectivity index (χ3n) is 4.23. The lowest BCUT2D eigenvalue weighted by molar-refractivity contribution is -0.112. The minimum Gasteiger partial charge on any atom is -0.317 e. The number of nitrogens with two attached hydrogens (primary N) is 1. The molecule has 4 N–H and O–H groups in total. The van der Waals surface area contributed by atoms with Crippen molar-refractivity contribution in [3.05, 3.63) is 42.1 Å². The molecule has 0 bridgehead atoms. The standard InChI is InChI=1S/C18H25N4OS.2ClH/c19-16(18(23)24-11-9-20-10-12-24)7-8-21-13-15-6-5-14-3-1-2-4-17(14)22-15;;/h1-6,16,20-21H,7-13,19H2;2*1H/q+1;;/t16-;;/m0../s1. The molecule has 3 rings (SSSR count). The number of nitrogens with one attached hydrogen (secondary N) is 2. The summed E-state index contributed by atoms with van der Waals surface area (Å²) >= 11 is 0. The normalized spacial score (nSPS) is 15.7. The first kappa shape index (κ1) is 23.1. The van der Waals surface area contributed by atoms with Gasteiger partial charge in [0.2, 0.25) is 0 Å². The van der Waals surface area contributed by atoms with E-state index in [1.165, 1.54) is 0 Å². The Bertz CT molecular complexity index is 698. The summed E-state index contributed by atoms with van der Waals surface area (Å²) in [6.45, 7) is 3.30. The second-order valence-electron chi connectivity index (χ2n) is 6.04. The first-order valence-electron chi connectivity index (χ1n) is 8.47. The quantitative estimate of drug-likeness (QED) is 0.491. The predicted molar refractivity (Wildman–Crippen MR) is 116 cm³/mol. The fraction of sp³-hybridized carbons (Fsp3) is 0.444. The fourth-order valence-electron chi connectivity index (χ4n) is 2.83. The molecule has 144 valence electrons. The molecule has 0 aliphatic carbocycles. The molecule has 1 aliphatic heterocycles. The molecule has 0 saturated carbocycles. The largest absolute Gasteiger partial charge is 0.347 e. The van der Waals surface area contributed by atoms with Gasteiger partial charge in [0.25, 0.3) is 0 Å². The maximum absolute atomic E-state index is 12.3. The van der Waals surface area contributed by atoms with Gasteiger partial charge in [0.1, 0.15) is 17.5 Å². The predicted octanol–water partition coefficient (Wildman–Crippen LogP) is 1.63. The molecular formula is C18H27Cl2N4OS+. The Morgan fingerprint density at radius 1 is 1.19 bits per heavy atom. The second kappa shape index (κ2) is 11.7. The zero-order valence-electron chi connectivity index (χ0n) is 14.6. The Hall–Kier alpha value is -0.890. The van der Waals surface area contributed by atoms with E-state index in [-0.39, 0.29) is 46.9 Å². The van der Waals surface area contributed by atoms with Crippen LogP contribution in [0.2, 0.25) is 0 Å². The Morgan fingerprint density at radius 3 is 2.69 bits per heavy atom. The Balaban J connectivity index is 0.00000169. The van der Waals surface area contributed by atoms with Crippen molar-refractivity contribution in [2.45, 2.75) is 19.0 Å². The smallest absolute Gasteiger partial charge is 0.317 e. The van der Waals surface area contributed by atoms with Crippen molar-refractivity contribution in [1.29, 1.82) is 0 Å². The number of carbonyl (C=O) groups is 1. The molecule has 1 fully saturated rings. The Labute approximate surface area is 170 Å². The molecule has 1 aromatic heterocycles. The lowest BCUT2D eigenvalue weighted by atomic mass is 10.2. The van der Waals surface area contributed by atoms with Crippen molar-refractivity contribution >= 4 is 51.7 Å². The summed E-state index contributed by atoms with van der Waals surface area (Å²) in [5.74, 6) is 1.89. The molecule has 0 unspecified atom stereocenters. The monoisotopic (exact) mass is 417 g/mol. The molecule has 5 nitrogen and oxygen atoms in total. The van der Waals surface area contributed by atoms with Crippen LogP contribution in [0.25, 0.3) is 10.9 Å². The number of pyridine rings is 1. The Morgan fingerprint density at radius 2 is 1.92 bits per heavy atom. The van der Waals surface area contributed by atoms with Crippen LogP contribution >= 0.6 is 24.8 Å². The van der Waals surface area contributed by atoms with Crippen LogP contribution in [0.1, 0.15) is 12.1 Å². The number of nitrogens with zero attached hydrogens (tertiary/aromatic N) is 1. The van der Waals surface area contributed by atoms with Gasteiger partial charge in [-0.3, -0.25) is 4.98 Å². The maximum atomic E-state index is 12.3. The number of rotatable bonds is 6. The summed E-state index contributed by atoms with van der Waals surface area (Å²) in [6, 6.07) is 11.9. The molecule has 2 aromatic rings. The van der Waals surface area contributed by atoms with E-state index >= 15 is 0 Å². The van der Waals surface area contributed by atoms with Gasteiger partial charge in [-0.25, -0.2) is 4.79 Å². The summed E-state index contributed by atoms with van der Waals surface area (Å²) in [5, 5.41) is 8.04. The number of para-hydroxylation sites is 1. The van der Waals surface area contributed by atoms with Gasteiger partial charge in [-0.1, -0.05) is 24.3 Å². The summed E-state index contributed by atoms with van der Waals surface area (Å²) in [4.78, 5) is 17.0. The average Bonchev–Trinajstić information content (AvgIpc) is 2.65. The van der Waals surface area contributed by atoms with E-state index in [1.807, 2.05) is 24.3 Å². The number of aromatic nitrogens is 1. The van der Waals surface area contributed by atoms with Gasteiger partial charge in [-0.2, -0.15) is 0 Å². The third-order valence-corrected chi connectivity index (χ3v) is 6.50. The number of benzene rings is 1. The van der Waals surface area contributed by atoms with E-state index in [9.17, 15) is 4.79 Å². The highest BCUT2D eigenvalue weighted by molar-refractivity contribution is 8.11. The van der Waals surface area contributed by atoms with Gasteiger partial charge in [0.05, 0.1) is 22.1 Å². The molecule has 2 heterocycles. The molecule has 26 heavy (non-hydrogen) atoms. The molecule has 0 spiro atoms. The van der Waals surface area contributed by atoms with E-state index in [2.05, 4.69) is 27.8 Å². The lowest BCUT2D eigenvalue weighted by Crippen LogP contribution is -2.46. The number of hydrogen-bond donors (Lipinski definition) is 3. The van der Waals surface area contributed by atoms with E-state index < -0.39 is 0 Å². The highest BCUT2D eigenvalue weighted by atomic mass is 35.5. The minimum absolute atomic E-state index is 0. The van der Waals surface area contributed by atoms with Gasteiger partial charge in [0, 0.05) is 25.0 Å². The van der Waals surface area contributed by atoms with Crippen LogP contribution in [-0.4, -0.2) is 47.3 Å². The molecule has 1 atom stereocenters. The fourth-order valence-corrected chi connectivity index (χ4v) is 4.77. The number of halogens is 2. The zero-order chi connectivity index (χ0) is 16.8. The number of carbonyl (C=O) groups excluding carboxylic acids is 1. The average molecular weight is 418 g/mol. The summed E-state index contributed by atoms with van der Waals surface area (Å²) in [5.41, 5.74) is 8.10. The van der Waals surface area contributed by atoms with Gasteiger partial charge in [0.15, 0.2) is 0 Å². The SMILES string of the molecule is Cl.Cl.N[C@@H](CCNCc1ccc2ccccc2n1)C(=O)[S+]1CCNCC1. The minimum atomic E-state index is -0.344. The highest BCUT2D eigenvalue weighted by Gasteiger charge is 2.34. The number of fused-ring (bicyclic) bond motifs is 1. The van der Waals surface area contributed by atoms with Crippen molar-refractivity contribution in [2.75, 3.05) is 31.1 Å². The molecule has 0 amide bonds. The Kier molecular flexibility index (Phi) is 10.5. The van der Waals surface area contributed by atoms with Gasteiger partial charge in [-0.05, 0) is 25.1 Å². The summed E-state index contributed by atoms with van der Waals surface area (Å²) in [7, 11) is -0.143. The topological polar surface area (TPSA) is 80.0 Å². The van der Waals surface area contributed by atoms with E-state index in [1.54, 1.807) is 0 Å². The number of hydrogen-bond acceptors (Lipinski definition) is 5. The maximum Gasteiger partial charge on any atom is 0.347 e. The van der Waals surface area contributed by atoms with Crippen LogP contribution in [0.5, 0.6) is 0 Å². The van der Waals surface area contributed by atoms with Crippen molar-refractivity contribution in [3.63, 3.8) is 0 Å². The van der Waals surface area contributed by atoms with Crippen molar-refractivity contribution < 1.29 is 4.79 Å². The molecule has 1 aromatic carbocycles. The highest BCUT2D eigenvalue weighted by Crippen LogP contribution is 2.11. The second-order valence-corrected chi connectivity index (χ2v) is 8.24. The third kappa shape index (κ3) is 6.37. The molecule has 1 saturated heterocycles. The van der Waals surface area contributed by atoms with Crippen LogP contribution in [-0.2, 0) is 22.2 Å². The first-order chi connectivity index (χ1) is 11.7. The van der Waals surface area contributed by atoms with Crippen LogP contribution in [0, 0.1) is 0 Å². The van der Waals surface area contributed by atoms with Gasteiger partial charge >= 0.3 is 5.12 Å². The first-order valence-corrected chi connectivity index (χ1v) is 10.0. The van der Waals surface area contributed by atoms with Crippen LogP contribution in [0.4, 0.5) is 0 Å². The molecular weight excluding hydrogens is 391 g/mol.